The molecular weight excluding hydrogens is 342 g/mol. The number of phenols is 1. The van der Waals surface area contributed by atoms with Crippen LogP contribution in [0.4, 0.5) is 0 Å². The third-order valence-corrected chi connectivity index (χ3v) is 4.16. The molecule has 0 saturated heterocycles. The van der Waals surface area contributed by atoms with Gasteiger partial charge in [-0.3, -0.25) is 4.79 Å². The molecule has 1 amide bonds. The number of rotatable bonds is 3. The Balaban J connectivity index is 1.89. The van der Waals surface area contributed by atoms with Crippen LogP contribution in [0.5, 0.6) is 5.75 Å². The van der Waals surface area contributed by atoms with E-state index in [1.807, 2.05) is 48.5 Å². The van der Waals surface area contributed by atoms with E-state index in [2.05, 4.69) is 21.2 Å². The second kappa shape index (κ2) is 6.20. The number of carbonyl (C=O) groups is 1. The summed E-state index contributed by atoms with van der Waals surface area (Å²) in [5.41, 5.74) is 1.27. The molecule has 3 aromatic carbocycles. The van der Waals surface area contributed by atoms with Crippen molar-refractivity contribution in [3.05, 3.63) is 76.3 Å². The van der Waals surface area contributed by atoms with Crippen LogP contribution in [-0.2, 0) is 6.54 Å². The maximum Gasteiger partial charge on any atom is 0.255 e. The SMILES string of the molecule is O=C(NCc1ccccc1)c1cc(Br)c2ccccc2c1O. The molecular formula is C18H14BrNO2. The van der Waals surface area contributed by atoms with E-state index in [4.69, 9.17) is 0 Å². The summed E-state index contributed by atoms with van der Waals surface area (Å²) >= 11 is 3.46. The molecule has 0 radical (unpaired) electrons. The molecule has 0 spiro atoms. The Morgan fingerprint density at radius 2 is 1.64 bits per heavy atom. The third-order valence-electron chi connectivity index (χ3n) is 3.51. The number of benzene rings is 3. The molecule has 0 aromatic heterocycles. The first-order valence-corrected chi connectivity index (χ1v) is 7.68. The Kier molecular flexibility index (Phi) is 4.11. The zero-order chi connectivity index (χ0) is 15.5. The number of fused-ring (bicyclic) bond motifs is 1. The van der Waals surface area contributed by atoms with Crippen molar-refractivity contribution in [3.8, 4) is 5.75 Å². The van der Waals surface area contributed by atoms with Crippen molar-refractivity contribution in [1.29, 1.82) is 0 Å². The van der Waals surface area contributed by atoms with Gasteiger partial charge < -0.3 is 10.4 Å². The van der Waals surface area contributed by atoms with Gasteiger partial charge in [-0.1, -0.05) is 70.5 Å². The molecule has 3 aromatic rings. The highest BCUT2D eigenvalue weighted by Gasteiger charge is 2.15. The highest BCUT2D eigenvalue weighted by atomic mass is 79.9. The van der Waals surface area contributed by atoms with Gasteiger partial charge in [0.25, 0.3) is 5.91 Å². The van der Waals surface area contributed by atoms with Gasteiger partial charge in [0.1, 0.15) is 5.75 Å². The van der Waals surface area contributed by atoms with Crippen LogP contribution in [0.25, 0.3) is 10.8 Å². The molecule has 0 heterocycles. The summed E-state index contributed by atoms with van der Waals surface area (Å²) in [6, 6.07) is 18.7. The largest absolute Gasteiger partial charge is 0.506 e. The highest BCUT2D eigenvalue weighted by Crippen LogP contribution is 2.34. The van der Waals surface area contributed by atoms with Crippen LogP contribution in [0.1, 0.15) is 15.9 Å². The first kappa shape index (κ1) is 14.6. The molecule has 3 nitrogen and oxygen atoms in total. The van der Waals surface area contributed by atoms with Gasteiger partial charge in [-0.25, -0.2) is 0 Å². The van der Waals surface area contributed by atoms with Crippen LogP contribution in [0.3, 0.4) is 0 Å². The van der Waals surface area contributed by atoms with Crippen molar-refractivity contribution >= 4 is 32.6 Å². The van der Waals surface area contributed by atoms with Crippen LogP contribution < -0.4 is 5.32 Å². The van der Waals surface area contributed by atoms with E-state index in [1.165, 1.54) is 0 Å². The zero-order valence-corrected chi connectivity index (χ0v) is 13.3. The lowest BCUT2D eigenvalue weighted by atomic mass is 10.0. The van der Waals surface area contributed by atoms with Gasteiger partial charge in [-0.2, -0.15) is 0 Å². The van der Waals surface area contributed by atoms with E-state index in [-0.39, 0.29) is 17.2 Å². The molecule has 0 saturated carbocycles. The first-order chi connectivity index (χ1) is 10.7. The van der Waals surface area contributed by atoms with Gasteiger partial charge in [0.05, 0.1) is 5.56 Å². The minimum absolute atomic E-state index is 0.00404. The third kappa shape index (κ3) is 2.83. The lowest BCUT2D eigenvalue weighted by Gasteiger charge is -2.10. The van der Waals surface area contributed by atoms with E-state index in [9.17, 15) is 9.90 Å². The second-order valence-electron chi connectivity index (χ2n) is 4.97. The molecule has 0 fully saturated rings. The highest BCUT2D eigenvalue weighted by molar-refractivity contribution is 9.10. The average Bonchev–Trinajstić information content (AvgIpc) is 2.57. The molecule has 4 heteroatoms. The molecule has 110 valence electrons. The van der Waals surface area contributed by atoms with Gasteiger partial charge in [-0.05, 0) is 17.0 Å². The van der Waals surface area contributed by atoms with Gasteiger partial charge in [0.15, 0.2) is 0 Å². The second-order valence-corrected chi connectivity index (χ2v) is 5.82. The summed E-state index contributed by atoms with van der Waals surface area (Å²) in [7, 11) is 0. The number of nitrogens with one attached hydrogen (secondary N) is 1. The van der Waals surface area contributed by atoms with Gasteiger partial charge in [0, 0.05) is 16.4 Å². The smallest absolute Gasteiger partial charge is 0.255 e. The summed E-state index contributed by atoms with van der Waals surface area (Å²) in [5.74, 6) is -0.294. The van der Waals surface area contributed by atoms with Crippen LogP contribution in [-0.4, -0.2) is 11.0 Å². The van der Waals surface area contributed by atoms with E-state index in [0.717, 1.165) is 15.4 Å². The van der Waals surface area contributed by atoms with Crippen molar-refractivity contribution in [1.82, 2.24) is 5.32 Å². The molecule has 3 rings (SSSR count). The lowest BCUT2D eigenvalue weighted by molar-refractivity contribution is 0.0948. The summed E-state index contributed by atoms with van der Waals surface area (Å²) < 4.78 is 0.783. The van der Waals surface area contributed by atoms with Gasteiger partial charge in [0.2, 0.25) is 0 Å². The monoisotopic (exact) mass is 355 g/mol. The minimum Gasteiger partial charge on any atom is -0.506 e. The van der Waals surface area contributed by atoms with Crippen molar-refractivity contribution in [2.45, 2.75) is 6.54 Å². The predicted octanol–water partition coefficient (Wildman–Crippen LogP) is 4.24. The van der Waals surface area contributed by atoms with Gasteiger partial charge >= 0.3 is 0 Å². The van der Waals surface area contributed by atoms with Gasteiger partial charge in [-0.15, -0.1) is 0 Å². The summed E-state index contributed by atoms with van der Waals surface area (Å²) in [4.78, 5) is 12.3. The van der Waals surface area contributed by atoms with Crippen molar-refractivity contribution in [2.75, 3.05) is 0 Å². The zero-order valence-electron chi connectivity index (χ0n) is 11.7. The van der Waals surface area contributed by atoms with E-state index in [0.29, 0.717) is 11.9 Å². The molecule has 0 unspecified atom stereocenters. The quantitative estimate of drug-likeness (QED) is 0.738. The number of hydrogen-bond donors (Lipinski definition) is 2. The summed E-state index contributed by atoms with van der Waals surface area (Å²) in [5, 5.41) is 14.7. The normalized spacial score (nSPS) is 10.6. The number of aromatic hydroxyl groups is 1. The minimum atomic E-state index is -0.298. The van der Waals surface area contributed by atoms with E-state index < -0.39 is 0 Å². The number of hydrogen-bond acceptors (Lipinski definition) is 2. The number of carbonyl (C=O) groups excluding carboxylic acids is 1. The Bertz CT molecular complexity index is 831. The number of phenolic OH excluding ortho intramolecular Hbond substituents is 1. The molecule has 0 aliphatic heterocycles. The average molecular weight is 356 g/mol. The maximum absolute atomic E-state index is 12.3. The van der Waals surface area contributed by atoms with E-state index in [1.54, 1.807) is 12.1 Å². The molecule has 0 aliphatic carbocycles. The molecule has 0 aliphatic rings. The first-order valence-electron chi connectivity index (χ1n) is 6.89. The van der Waals surface area contributed by atoms with Crippen LogP contribution >= 0.6 is 15.9 Å². The topological polar surface area (TPSA) is 49.3 Å². The fourth-order valence-electron chi connectivity index (χ4n) is 2.36. The Morgan fingerprint density at radius 3 is 2.36 bits per heavy atom. The summed E-state index contributed by atoms with van der Waals surface area (Å²) in [6.45, 7) is 0.420. The Hall–Kier alpha value is -2.33. The van der Waals surface area contributed by atoms with Crippen LogP contribution in [0.2, 0.25) is 0 Å². The van der Waals surface area contributed by atoms with Crippen molar-refractivity contribution in [2.24, 2.45) is 0 Å². The Morgan fingerprint density at radius 1 is 1.00 bits per heavy atom. The van der Waals surface area contributed by atoms with Crippen LogP contribution in [0, 0.1) is 0 Å². The fraction of sp³-hybridized carbons (Fsp3) is 0.0556. The number of halogens is 1. The standard InChI is InChI=1S/C18H14BrNO2/c19-16-10-15(17(21)14-9-5-4-8-13(14)16)18(22)20-11-12-6-2-1-3-7-12/h1-10,21H,11H2,(H,20,22). The van der Waals surface area contributed by atoms with E-state index >= 15 is 0 Å². The van der Waals surface area contributed by atoms with Crippen molar-refractivity contribution < 1.29 is 9.90 Å². The molecule has 22 heavy (non-hydrogen) atoms. The molecule has 0 atom stereocenters. The molecule has 0 bridgehead atoms. The summed E-state index contributed by atoms with van der Waals surface area (Å²) in [6.07, 6.45) is 0. The Labute approximate surface area is 136 Å². The maximum atomic E-state index is 12.3. The molecule has 2 N–H and O–H groups in total. The number of amides is 1. The predicted molar refractivity (Wildman–Crippen MR) is 90.9 cm³/mol. The van der Waals surface area contributed by atoms with Crippen LogP contribution in [0.15, 0.2) is 65.1 Å². The fourth-order valence-corrected chi connectivity index (χ4v) is 2.94. The van der Waals surface area contributed by atoms with Crippen molar-refractivity contribution in [3.63, 3.8) is 0 Å². The lowest BCUT2D eigenvalue weighted by Crippen LogP contribution is -2.22.